The SMILES string of the molecule is C.CN1CCCN(c2ccc3cc(C(=O)CO)c4nc5ccccc5n4c3n2)CC1.CN1CCCN(c2ccc3cc(C(=O)O)c4nc5ccccc5n4c3n2)CC1. The van der Waals surface area contributed by atoms with E-state index in [1.54, 1.807) is 12.1 Å². The number of Topliss-reactive ketones (excluding diaryl/α,β-unsaturated/α-hetero) is 1. The Bertz CT molecular complexity index is 2830. The van der Waals surface area contributed by atoms with Gasteiger partial charge in [0, 0.05) is 50.0 Å². The van der Waals surface area contributed by atoms with E-state index < -0.39 is 12.6 Å². The first-order valence-electron chi connectivity index (χ1n) is 19.4. The number of rotatable bonds is 5. The molecule has 0 aliphatic carbocycles. The zero-order chi connectivity index (χ0) is 39.2. The molecule has 2 aromatic carbocycles. The summed E-state index contributed by atoms with van der Waals surface area (Å²) < 4.78 is 3.82. The van der Waals surface area contributed by atoms with Gasteiger partial charge in [-0.15, -0.1) is 0 Å². The van der Waals surface area contributed by atoms with E-state index in [4.69, 9.17) is 9.97 Å². The van der Waals surface area contributed by atoms with Crippen molar-refractivity contribution in [3.05, 3.63) is 96.1 Å². The summed E-state index contributed by atoms with van der Waals surface area (Å²) in [6, 6.07) is 26.9. The quantitative estimate of drug-likeness (QED) is 0.202. The molecule has 2 saturated heterocycles. The highest BCUT2D eigenvalue weighted by Gasteiger charge is 2.22. The van der Waals surface area contributed by atoms with Crippen LogP contribution in [0.15, 0.2) is 84.9 Å². The number of aliphatic hydroxyl groups excluding tert-OH is 1. The second kappa shape index (κ2) is 16.0. The molecule has 2 fully saturated rings. The fraction of sp³-hybridized carbons (Fsp3) is 0.318. The minimum absolute atomic E-state index is 0. The van der Waals surface area contributed by atoms with Gasteiger partial charge in [0.1, 0.15) is 35.1 Å². The number of benzene rings is 2. The number of fused-ring (bicyclic) bond motifs is 10. The summed E-state index contributed by atoms with van der Waals surface area (Å²) >= 11 is 0. The number of aromatic carboxylic acids is 1. The predicted molar refractivity (Wildman–Crippen MR) is 230 cm³/mol. The number of ketones is 1. The summed E-state index contributed by atoms with van der Waals surface area (Å²) in [5.74, 6) is 0.534. The largest absolute Gasteiger partial charge is 0.478 e. The van der Waals surface area contributed by atoms with Crippen molar-refractivity contribution < 1.29 is 19.8 Å². The molecule has 58 heavy (non-hydrogen) atoms. The summed E-state index contributed by atoms with van der Waals surface area (Å²) in [6.07, 6.45) is 2.20. The van der Waals surface area contributed by atoms with Crippen molar-refractivity contribution in [2.75, 3.05) is 82.9 Å². The van der Waals surface area contributed by atoms with E-state index in [0.29, 0.717) is 16.9 Å². The molecule has 2 aliphatic rings. The van der Waals surface area contributed by atoms with Gasteiger partial charge < -0.3 is 29.8 Å². The highest BCUT2D eigenvalue weighted by atomic mass is 16.4. The Kier molecular flexibility index (Phi) is 10.6. The molecule has 2 N–H and O–H groups in total. The molecule has 0 bridgehead atoms. The fourth-order valence-corrected chi connectivity index (χ4v) is 8.12. The minimum Gasteiger partial charge on any atom is -0.478 e. The van der Waals surface area contributed by atoms with Crippen molar-refractivity contribution in [1.29, 1.82) is 0 Å². The van der Waals surface area contributed by atoms with E-state index in [-0.39, 0.29) is 18.8 Å². The first-order valence-corrected chi connectivity index (χ1v) is 19.4. The number of carboxylic acids is 1. The lowest BCUT2D eigenvalue weighted by Gasteiger charge is -2.22. The third-order valence-corrected chi connectivity index (χ3v) is 11.2. The Morgan fingerprint density at radius 1 is 0.569 bits per heavy atom. The molecule has 8 heterocycles. The molecule has 8 aromatic rings. The van der Waals surface area contributed by atoms with E-state index in [1.807, 2.05) is 81.6 Å². The monoisotopic (exact) mass is 780 g/mol. The number of aromatic nitrogens is 6. The molecule has 2 aliphatic heterocycles. The van der Waals surface area contributed by atoms with Crippen LogP contribution in [-0.4, -0.2) is 134 Å². The minimum atomic E-state index is -0.984. The maximum atomic E-state index is 12.4. The molecule has 0 unspecified atom stereocenters. The maximum Gasteiger partial charge on any atom is 0.339 e. The highest BCUT2D eigenvalue weighted by Crippen LogP contribution is 2.29. The molecular formula is C44H48N10O4. The van der Waals surface area contributed by atoms with E-state index in [1.165, 1.54) is 0 Å². The smallest absolute Gasteiger partial charge is 0.339 e. The van der Waals surface area contributed by atoms with Gasteiger partial charge in [-0.25, -0.2) is 24.7 Å². The van der Waals surface area contributed by atoms with Crippen molar-refractivity contribution in [3.63, 3.8) is 0 Å². The van der Waals surface area contributed by atoms with Crippen LogP contribution in [-0.2, 0) is 0 Å². The van der Waals surface area contributed by atoms with Crippen LogP contribution in [0.2, 0.25) is 0 Å². The predicted octanol–water partition coefficient (Wildman–Crippen LogP) is 5.86. The molecule has 298 valence electrons. The second-order valence-electron chi connectivity index (χ2n) is 15.0. The van der Waals surface area contributed by atoms with E-state index in [0.717, 1.165) is 121 Å². The molecule has 0 saturated carbocycles. The Labute approximate surface area is 335 Å². The van der Waals surface area contributed by atoms with Gasteiger partial charge in [-0.05, 0) is 101 Å². The fourth-order valence-electron chi connectivity index (χ4n) is 8.12. The molecule has 0 radical (unpaired) electrons. The molecule has 14 nitrogen and oxygen atoms in total. The summed E-state index contributed by atoms with van der Waals surface area (Å²) in [7, 11) is 4.30. The van der Waals surface area contributed by atoms with Gasteiger partial charge >= 0.3 is 5.97 Å². The van der Waals surface area contributed by atoms with Crippen molar-refractivity contribution >= 4 is 78.8 Å². The Hall–Kier alpha value is -6.22. The van der Waals surface area contributed by atoms with Crippen LogP contribution in [0.4, 0.5) is 11.6 Å². The van der Waals surface area contributed by atoms with Gasteiger partial charge in [0.2, 0.25) is 0 Å². The molecule has 6 aromatic heterocycles. The zero-order valence-electron chi connectivity index (χ0n) is 32.0. The Balaban J connectivity index is 0.000000159. The summed E-state index contributed by atoms with van der Waals surface area (Å²) in [6.45, 7) is 7.43. The van der Waals surface area contributed by atoms with Gasteiger partial charge in [-0.1, -0.05) is 31.7 Å². The number of anilines is 2. The van der Waals surface area contributed by atoms with Crippen molar-refractivity contribution in [2.24, 2.45) is 0 Å². The zero-order valence-corrected chi connectivity index (χ0v) is 32.0. The topological polar surface area (TPSA) is 148 Å². The van der Waals surface area contributed by atoms with Gasteiger partial charge in [0.25, 0.3) is 0 Å². The number of carbonyl (C=O) groups is 2. The molecule has 14 heteroatoms. The standard InChI is InChI=1S/C22H23N5O2.C21H21N5O2.CH4/c1-25-9-4-10-26(12-11-25)20-8-7-15-13-16(19(29)14-28)22-23-17-5-2-3-6-18(17)27(22)21(15)24-20;1-24-9-4-10-25(12-11-24)18-8-7-14-13-15(21(27)28)20-22-16-5-2-3-6-17(16)26(20)19(14)23-18;/h2-3,5-8,13,28H,4,9-12,14H2,1H3;2-3,5-8,13H,4,9-12H2,1H3,(H,27,28);1H4. The normalized spacial score (nSPS) is 15.8. The highest BCUT2D eigenvalue weighted by molar-refractivity contribution is 6.07. The first kappa shape index (κ1) is 38.6. The number of para-hydroxylation sites is 4. The van der Waals surface area contributed by atoms with Crippen LogP contribution in [0.25, 0.3) is 55.4 Å². The number of likely N-dealkylation sites (N-methyl/N-ethyl adjacent to an activating group) is 2. The van der Waals surface area contributed by atoms with Crippen LogP contribution in [0.1, 0.15) is 41.0 Å². The number of hydrogen-bond acceptors (Lipinski definition) is 11. The second-order valence-corrected chi connectivity index (χ2v) is 15.0. The first-order chi connectivity index (χ1) is 27.8. The lowest BCUT2D eigenvalue weighted by molar-refractivity contribution is 0.0698. The molecule has 0 spiro atoms. The lowest BCUT2D eigenvalue weighted by atomic mass is 10.1. The average molecular weight is 781 g/mol. The summed E-state index contributed by atoms with van der Waals surface area (Å²) in [5.41, 5.74) is 6.43. The molecule has 10 rings (SSSR count). The van der Waals surface area contributed by atoms with Crippen LogP contribution in [0, 0.1) is 0 Å². The van der Waals surface area contributed by atoms with Gasteiger partial charge in [-0.2, -0.15) is 0 Å². The van der Waals surface area contributed by atoms with Gasteiger partial charge in [0.15, 0.2) is 17.1 Å². The number of carbonyl (C=O) groups excluding carboxylic acids is 1. The van der Waals surface area contributed by atoms with Gasteiger partial charge in [-0.3, -0.25) is 13.6 Å². The number of nitrogens with zero attached hydrogens (tertiary/aromatic N) is 10. The lowest BCUT2D eigenvalue weighted by Crippen LogP contribution is -2.29. The third kappa shape index (κ3) is 7.03. The maximum absolute atomic E-state index is 12.4. The van der Waals surface area contributed by atoms with E-state index in [2.05, 4.69) is 43.7 Å². The number of imidazole rings is 2. The molecular weight excluding hydrogens is 733 g/mol. The number of aliphatic hydroxyl groups is 1. The number of pyridine rings is 4. The van der Waals surface area contributed by atoms with Crippen LogP contribution >= 0.6 is 0 Å². The summed E-state index contributed by atoms with van der Waals surface area (Å²) in [4.78, 5) is 52.7. The summed E-state index contributed by atoms with van der Waals surface area (Å²) in [5, 5.41) is 20.8. The average Bonchev–Trinajstić information content (AvgIpc) is 3.64. The number of carboxylic acid groups (broad SMARTS) is 1. The van der Waals surface area contributed by atoms with Gasteiger partial charge in [0.05, 0.1) is 27.6 Å². The van der Waals surface area contributed by atoms with Crippen molar-refractivity contribution in [3.8, 4) is 0 Å². The Morgan fingerprint density at radius 3 is 1.52 bits per heavy atom. The van der Waals surface area contributed by atoms with Crippen LogP contribution in [0.3, 0.4) is 0 Å². The third-order valence-electron chi connectivity index (χ3n) is 11.2. The molecule has 0 amide bonds. The Morgan fingerprint density at radius 2 is 1.03 bits per heavy atom. The van der Waals surface area contributed by atoms with Crippen molar-refractivity contribution in [1.82, 2.24) is 38.5 Å². The van der Waals surface area contributed by atoms with Crippen LogP contribution in [0.5, 0.6) is 0 Å². The molecule has 0 atom stereocenters. The van der Waals surface area contributed by atoms with Crippen molar-refractivity contribution in [2.45, 2.75) is 20.3 Å². The number of hydrogen-bond donors (Lipinski definition) is 2. The van der Waals surface area contributed by atoms with E-state index in [9.17, 15) is 19.8 Å². The van der Waals surface area contributed by atoms with Crippen LogP contribution < -0.4 is 9.80 Å². The van der Waals surface area contributed by atoms with E-state index >= 15 is 0 Å².